The van der Waals surface area contributed by atoms with Gasteiger partial charge in [0.25, 0.3) is 0 Å². The summed E-state index contributed by atoms with van der Waals surface area (Å²) >= 11 is 0. The van der Waals surface area contributed by atoms with E-state index in [1.807, 2.05) is 6.92 Å². The molecule has 2 heterocycles. The van der Waals surface area contributed by atoms with Crippen molar-refractivity contribution in [2.45, 2.75) is 39.8 Å². The summed E-state index contributed by atoms with van der Waals surface area (Å²) in [4.78, 5) is 12.1. The van der Waals surface area contributed by atoms with Gasteiger partial charge in [-0.3, -0.25) is 4.79 Å². The van der Waals surface area contributed by atoms with Gasteiger partial charge < -0.3 is 10.1 Å². The molecule has 1 N–H and O–H groups in total. The van der Waals surface area contributed by atoms with Gasteiger partial charge in [-0.15, -0.1) is 0 Å². The maximum absolute atomic E-state index is 13.3. The van der Waals surface area contributed by atoms with Gasteiger partial charge in [0.1, 0.15) is 0 Å². The third-order valence-corrected chi connectivity index (χ3v) is 4.32. The first kappa shape index (κ1) is 13.5. The molecule has 4 atom stereocenters. The van der Waals surface area contributed by atoms with E-state index in [9.17, 15) is 9.18 Å². The predicted octanol–water partition coefficient (Wildman–Crippen LogP) is 2.43. The summed E-state index contributed by atoms with van der Waals surface area (Å²) in [7, 11) is 0. The number of alkyl halides is 1. The van der Waals surface area contributed by atoms with Gasteiger partial charge in [0.15, 0.2) is 0 Å². The van der Waals surface area contributed by atoms with Crippen LogP contribution in [-0.4, -0.2) is 25.3 Å². The molecule has 0 saturated heterocycles. The molecule has 4 heteroatoms. The molecule has 1 unspecified atom stereocenters. The lowest BCUT2D eigenvalue weighted by Crippen LogP contribution is -2.44. The minimum absolute atomic E-state index is 0.0271. The van der Waals surface area contributed by atoms with Crippen molar-refractivity contribution in [1.29, 1.82) is 0 Å². The maximum atomic E-state index is 13.3. The van der Waals surface area contributed by atoms with E-state index < -0.39 is 6.17 Å². The van der Waals surface area contributed by atoms with Gasteiger partial charge in [-0.2, -0.15) is 0 Å². The Balaban J connectivity index is 2.13. The van der Waals surface area contributed by atoms with Crippen LogP contribution < -0.4 is 5.32 Å². The van der Waals surface area contributed by atoms with Gasteiger partial charge in [0.05, 0.1) is 19.4 Å². The molecule has 0 fully saturated rings. The lowest BCUT2D eigenvalue weighted by molar-refractivity contribution is -0.127. The molecule has 0 spiro atoms. The number of amides is 1. The van der Waals surface area contributed by atoms with Crippen LogP contribution in [0.1, 0.15) is 33.6 Å². The molecule has 0 radical (unpaired) electrons. The first-order chi connectivity index (χ1) is 8.50. The number of nitrogens with one attached hydrogen (secondary N) is 1. The van der Waals surface area contributed by atoms with Crippen LogP contribution in [-0.2, 0) is 9.53 Å². The predicted molar refractivity (Wildman–Crippen MR) is 67.6 cm³/mol. The lowest BCUT2D eigenvalue weighted by Gasteiger charge is -2.36. The summed E-state index contributed by atoms with van der Waals surface area (Å²) in [6, 6.07) is 0. The molecule has 1 amide bonds. The van der Waals surface area contributed by atoms with E-state index >= 15 is 0 Å². The number of rotatable bonds is 3. The lowest BCUT2D eigenvalue weighted by atomic mass is 9.76. The van der Waals surface area contributed by atoms with Crippen LogP contribution in [0.4, 0.5) is 4.39 Å². The van der Waals surface area contributed by atoms with Crippen LogP contribution in [0.25, 0.3) is 0 Å². The van der Waals surface area contributed by atoms with Gasteiger partial charge in [-0.1, -0.05) is 13.8 Å². The highest BCUT2D eigenvalue weighted by atomic mass is 19.1. The van der Waals surface area contributed by atoms with Gasteiger partial charge in [0.2, 0.25) is 5.91 Å². The van der Waals surface area contributed by atoms with Crippen molar-refractivity contribution >= 4 is 5.91 Å². The average molecular weight is 255 g/mol. The van der Waals surface area contributed by atoms with E-state index in [0.717, 1.165) is 18.7 Å². The van der Waals surface area contributed by atoms with E-state index in [1.54, 1.807) is 6.92 Å². The SMILES string of the molecule is CC(F)[C@@H](C)C[C@H]1C(=O)NC2=C(CCOC2)[C@H]1C. The number of carbonyl (C=O) groups is 1. The molecule has 2 rings (SSSR count). The van der Waals surface area contributed by atoms with Crippen molar-refractivity contribution in [1.82, 2.24) is 5.32 Å². The molecular formula is C14H22FNO2. The summed E-state index contributed by atoms with van der Waals surface area (Å²) in [5, 5.41) is 2.94. The molecule has 0 aliphatic carbocycles. The van der Waals surface area contributed by atoms with Gasteiger partial charge >= 0.3 is 0 Å². The fourth-order valence-corrected chi connectivity index (χ4v) is 2.83. The number of ether oxygens (including phenoxy) is 1. The highest BCUT2D eigenvalue weighted by Gasteiger charge is 2.36. The first-order valence-electron chi connectivity index (χ1n) is 6.75. The zero-order chi connectivity index (χ0) is 13.3. The zero-order valence-corrected chi connectivity index (χ0v) is 11.3. The zero-order valence-electron chi connectivity index (χ0n) is 11.3. The summed E-state index contributed by atoms with van der Waals surface area (Å²) in [6.07, 6.45) is 0.630. The summed E-state index contributed by atoms with van der Waals surface area (Å²) < 4.78 is 18.6. The van der Waals surface area contributed by atoms with Crippen LogP contribution in [0, 0.1) is 17.8 Å². The monoisotopic (exact) mass is 255 g/mol. The summed E-state index contributed by atoms with van der Waals surface area (Å²) in [5.41, 5.74) is 2.24. The minimum Gasteiger partial charge on any atom is -0.375 e. The van der Waals surface area contributed by atoms with E-state index in [0.29, 0.717) is 13.0 Å². The Labute approximate surface area is 108 Å². The van der Waals surface area contributed by atoms with Crippen LogP contribution in [0.15, 0.2) is 11.3 Å². The molecule has 0 bridgehead atoms. The van der Waals surface area contributed by atoms with Gasteiger partial charge in [0, 0.05) is 11.6 Å². The third-order valence-electron chi connectivity index (χ3n) is 4.32. The van der Waals surface area contributed by atoms with E-state index in [4.69, 9.17) is 4.74 Å². The molecule has 0 aromatic carbocycles. The Hall–Kier alpha value is -0.900. The molecule has 0 aromatic rings. The van der Waals surface area contributed by atoms with Crippen LogP contribution >= 0.6 is 0 Å². The molecular weight excluding hydrogens is 233 g/mol. The van der Waals surface area contributed by atoms with Crippen LogP contribution in [0.5, 0.6) is 0 Å². The number of carbonyl (C=O) groups excluding carboxylic acids is 1. The highest BCUT2D eigenvalue weighted by molar-refractivity contribution is 5.82. The second kappa shape index (κ2) is 5.39. The molecule has 2 aliphatic heterocycles. The standard InChI is InChI=1S/C14H22FNO2/c1-8(10(3)15)6-12-9(2)11-4-5-18-7-13(11)16-14(12)17/h8-10,12H,4-7H2,1-3H3,(H,16,17)/t8-,9+,10?,12+/m0/s1. The van der Waals surface area contributed by atoms with Crippen molar-refractivity contribution < 1.29 is 13.9 Å². The number of hydrogen-bond donors (Lipinski definition) is 1. The Kier molecular flexibility index (Phi) is 4.05. The Morgan fingerprint density at radius 2 is 2.22 bits per heavy atom. The normalized spacial score (nSPS) is 31.7. The number of halogens is 1. The van der Waals surface area contributed by atoms with Crippen molar-refractivity contribution in [2.24, 2.45) is 17.8 Å². The fourth-order valence-electron chi connectivity index (χ4n) is 2.83. The second-order valence-electron chi connectivity index (χ2n) is 5.58. The van der Waals surface area contributed by atoms with Crippen molar-refractivity contribution in [3.8, 4) is 0 Å². The summed E-state index contributed by atoms with van der Waals surface area (Å²) in [6.45, 7) is 6.75. The molecule has 0 aromatic heterocycles. The van der Waals surface area contributed by atoms with Crippen molar-refractivity contribution in [3.05, 3.63) is 11.3 Å². The van der Waals surface area contributed by atoms with E-state index in [2.05, 4.69) is 12.2 Å². The largest absolute Gasteiger partial charge is 0.375 e. The van der Waals surface area contributed by atoms with Crippen LogP contribution in [0.2, 0.25) is 0 Å². The quantitative estimate of drug-likeness (QED) is 0.841. The smallest absolute Gasteiger partial charge is 0.227 e. The maximum Gasteiger partial charge on any atom is 0.227 e. The van der Waals surface area contributed by atoms with Gasteiger partial charge in [-0.05, 0) is 37.2 Å². The molecule has 102 valence electrons. The molecule has 0 saturated carbocycles. The Morgan fingerprint density at radius 3 is 2.89 bits per heavy atom. The molecule has 18 heavy (non-hydrogen) atoms. The van der Waals surface area contributed by atoms with E-state index in [1.165, 1.54) is 5.57 Å². The van der Waals surface area contributed by atoms with Crippen LogP contribution in [0.3, 0.4) is 0 Å². The summed E-state index contributed by atoms with van der Waals surface area (Å²) in [5.74, 6) is 0.0540. The van der Waals surface area contributed by atoms with E-state index in [-0.39, 0.29) is 23.7 Å². The Bertz CT molecular complexity index is 365. The molecule has 2 aliphatic rings. The Morgan fingerprint density at radius 1 is 1.50 bits per heavy atom. The third kappa shape index (κ3) is 2.58. The minimum atomic E-state index is -0.866. The fraction of sp³-hybridized carbons (Fsp3) is 0.786. The average Bonchev–Trinajstić information content (AvgIpc) is 2.34. The number of hydrogen-bond acceptors (Lipinski definition) is 2. The highest BCUT2D eigenvalue weighted by Crippen LogP contribution is 2.35. The van der Waals surface area contributed by atoms with Gasteiger partial charge in [-0.25, -0.2) is 4.39 Å². The topological polar surface area (TPSA) is 38.3 Å². The molecule has 3 nitrogen and oxygen atoms in total. The van der Waals surface area contributed by atoms with Crippen molar-refractivity contribution in [3.63, 3.8) is 0 Å². The first-order valence-corrected chi connectivity index (χ1v) is 6.75. The van der Waals surface area contributed by atoms with Crippen molar-refractivity contribution in [2.75, 3.05) is 13.2 Å². The second-order valence-corrected chi connectivity index (χ2v) is 5.58.